The summed E-state index contributed by atoms with van der Waals surface area (Å²) in [5.41, 5.74) is 0.658. The van der Waals surface area contributed by atoms with Gasteiger partial charge < -0.3 is 4.79 Å². The first-order valence-electron chi connectivity index (χ1n) is 4.14. The summed E-state index contributed by atoms with van der Waals surface area (Å²) in [6.45, 7) is 1.83. The third-order valence-electron chi connectivity index (χ3n) is 2.00. The SMILES string of the molecule is CC(CC=O)c1cc(Br)cc(F)c1Cl. The molecule has 1 atom stereocenters. The Labute approximate surface area is 95.4 Å². The van der Waals surface area contributed by atoms with Gasteiger partial charge in [0.1, 0.15) is 12.1 Å². The van der Waals surface area contributed by atoms with Crippen molar-refractivity contribution >= 4 is 33.8 Å². The van der Waals surface area contributed by atoms with Crippen molar-refractivity contribution in [3.8, 4) is 0 Å². The summed E-state index contributed by atoms with van der Waals surface area (Å²) < 4.78 is 13.8. The van der Waals surface area contributed by atoms with Crippen molar-refractivity contribution in [3.05, 3.63) is 33.0 Å². The lowest BCUT2D eigenvalue weighted by atomic mass is 9.98. The molecule has 1 nitrogen and oxygen atoms in total. The lowest BCUT2D eigenvalue weighted by Crippen LogP contribution is -1.97. The zero-order valence-electron chi connectivity index (χ0n) is 7.56. The molecule has 1 aromatic carbocycles. The van der Waals surface area contributed by atoms with Crippen LogP contribution in [0.2, 0.25) is 5.02 Å². The van der Waals surface area contributed by atoms with Gasteiger partial charge >= 0.3 is 0 Å². The average molecular weight is 280 g/mol. The summed E-state index contributed by atoms with van der Waals surface area (Å²) in [6, 6.07) is 3.04. The molecule has 1 unspecified atom stereocenters. The van der Waals surface area contributed by atoms with Gasteiger partial charge in [-0.3, -0.25) is 0 Å². The fourth-order valence-corrected chi connectivity index (χ4v) is 1.95. The van der Waals surface area contributed by atoms with E-state index < -0.39 is 5.82 Å². The number of rotatable bonds is 3. The van der Waals surface area contributed by atoms with E-state index in [1.807, 2.05) is 6.92 Å². The van der Waals surface area contributed by atoms with Gasteiger partial charge in [0.15, 0.2) is 0 Å². The molecule has 1 rings (SSSR count). The molecule has 0 aliphatic rings. The highest BCUT2D eigenvalue weighted by Crippen LogP contribution is 2.31. The number of halogens is 3. The van der Waals surface area contributed by atoms with Crippen LogP contribution in [0.5, 0.6) is 0 Å². The van der Waals surface area contributed by atoms with Crippen molar-refractivity contribution in [3.63, 3.8) is 0 Å². The Morgan fingerprint density at radius 3 is 2.86 bits per heavy atom. The quantitative estimate of drug-likeness (QED) is 0.605. The van der Waals surface area contributed by atoms with E-state index in [0.717, 1.165) is 6.29 Å². The Morgan fingerprint density at radius 2 is 2.29 bits per heavy atom. The number of hydrogen-bond acceptors (Lipinski definition) is 1. The highest BCUT2D eigenvalue weighted by atomic mass is 79.9. The van der Waals surface area contributed by atoms with Gasteiger partial charge in [-0.15, -0.1) is 0 Å². The van der Waals surface area contributed by atoms with Crippen molar-refractivity contribution in [1.82, 2.24) is 0 Å². The monoisotopic (exact) mass is 278 g/mol. The van der Waals surface area contributed by atoms with Crippen molar-refractivity contribution in [2.75, 3.05) is 0 Å². The van der Waals surface area contributed by atoms with E-state index in [0.29, 0.717) is 16.5 Å². The van der Waals surface area contributed by atoms with E-state index >= 15 is 0 Å². The molecule has 0 radical (unpaired) electrons. The second kappa shape index (κ2) is 4.89. The van der Waals surface area contributed by atoms with Crippen molar-refractivity contribution < 1.29 is 9.18 Å². The molecule has 4 heteroatoms. The topological polar surface area (TPSA) is 17.1 Å². The molecule has 14 heavy (non-hydrogen) atoms. The second-order valence-electron chi connectivity index (χ2n) is 3.09. The minimum atomic E-state index is -0.464. The molecular formula is C10H9BrClFO. The summed E-state index contributed by atoms with van der Waals surface area (Å²) >= 11 is 8.96. The molecule has 0 saturated carbocycles. The molecule has 0 aromatic heterocycles. The maximum absolute atomic E-state index is 13.2. The molecule has 0 amide bonds. The minimum Gasteiger partial charge on any atom is -0.303 e. The molecule has 0 aliphatic heterocycles. The molecule has 0 spiro atoms. The lowest BCUT2D eigenvalue weighted by molar-refractivity contribution is -0.108. The summed E-state index contributed by atoms with van der Waals surface area (Å²) in [7, 11) is 0. The normalized spacial score (nSPS) is 12.6. The minimum absolute atomic E-state index is 0.0630. The maximum Gasteiger partial charge on any atom is 0.143 e. The van der Waals surface area contributed by atoms with E-state index in [2.05, 4.69) is 15.9 Å². The Morgan fingerprint density at radius 1 is 1.64 bits per heavy atom. The van der Waals surface area contributed by atoms with Gasteiger partial charge in [-0.05, 0) is 23.6 Å². The van der Waals surface area contributed by atoms with Crippen LogP contribution in [0.25, 0.3) is 0 Å². The first-order chi connectivity index (χ1) is 6.56. The largest absolute Gasteiger partial charge is 0.303 e. The predicted molar refractivity (Wildman–Crippen MR) is 58.2 cm³/mol. The molecule has 76 valence electrons. The fraction of sp³-hybridized carbons (Fsp3) is 0.300. The standard InChI is InChI=1S/C10H9BrClFO/c1-6(2-3-14)8-4-7(11)5-9(13)10(8)12/h3-6H,2H2,1H3. The maximum atomic E-state index is 13.2. The molecule has 0 aliphatic carbocycles. The molecule has 0 N–H and O–H groups in total. The Kier molecular flexibility index (Phi) is 4.08. The van der Waals surface area contributed by atoms with Crippen LogP contribution in [0.4, 0.5) is 4.39 Å². The number of carbonyl (C=O) groups excluding carboxylic acids is 1. The van der Waals surface area contributed by atoms with E-state index in [-0.39, 0.29) is 10.9 Å². The Bertz CT molecular complexity index is 354. The molecule has 0 fully saturated rings. The van der Waals surface area contributed by atoms with Gasteiger partial charge in [-0.25, -0.2) is 4.39 Å². The Hall–Kier alpha value is -0.410. The Balaban J connectivity index is 3.12. The number of hydrogen-bond donors (Lipinski definition) is 0. The van der Waals surface area contributed by atoms with Gasteiger partial charge in [0.25, 0.3) is 0 Å². The number of benzene rings is 1. The van der Waals surface area contributed by atoms with Crippen LogP contribution < -0.4 is 0 Å². The lowest BCUT2D eigenvalue weighted by Gasteiger charge is -2.11. The average Bonchev–Trinajstić information content (AvgIpc) is 2.11. The molecular weight excluding hydrogens is 270 g/mol. The van der Waals surface area contributed by atoms with E-state index in [1.165, 1.54) is 6.07 Å². The van der Waals surface area contributed by atoms with Crippen LogP contribution in [0, 0.1) is 5.82 Å². The second-order valence-corrected chi connectivity index (χ2v) is 4.39. The molecule has 0 heterocycles. The summed E-state index contributed by atoms with van der Waals surface area (Å²) in [4.78, 5) is 10.3. The number of carbonyl (C=O) groups is 1. The van der Waals surface area contributed by atoms with Crippen LogP contribution in [0.3, 0.4) is 0 Å². The van der Waals surface area contributed by atoms with Crippen LogP contribution in [-0.4, -0.2) is 6.29 Å². The first-order valence-corrected chi connectivity index (χ1v) is 5.31. The number of aldehydes is 1. The van der Waals surface area contributed by atoms with Gasteiger partial charge in [0.05, 0.1) is 5.02 Å². The zero-order chi connectivity index (χ0) is 10.7. The zero-order valence-corrected chi connectivity index (χ0v) is 9.90. The van der Waals surface area contributed by atoms with Crippen LogP contribution in [-0.2, 0) is 4.79 Å². The van der Waals surface area contributed by atoms with E-state index in [1.54, 1.807) is 6.07 Å². The van der Waals surface area contributed by atoms with Gasteiger partial charge in [-0.1, -0.05) is 34.5 Å². The summed E-state index contributed by atoms with van der Waals surface area (Å²) in [5.74, 6) is -0.527. The predicted octanol–water partition coefficient (Wildman–Crippen LogP) is 3.93. The summed E-state index contributed by atoms with van der Waals surface area (Å²) in [6.07, 6.45) is 1.15. The third kappa shape index (κ3) is 2.55. The van der Waals surface area contributed by atoms with Crippen molar-refractivity contribution in [1.29, 1.82) is 0 Å². The van der Waals surface area contributed by atoms with Gasteiger partial charge in [-0.2, -0.15) is 0 Å². The van der Waals surface area contributed by atoms with Gasteiger partial charge in [0, 0.05) is 10.9 Å². The molecule has 0 bridgehead atoms. The highest BCUT2D eigenvalue weighted by molar-refractivity contribution is 9.10. The third-order valence-corrected chi connectivity index (χ3v) is 2.86. The van der Waals surface area contributed by atoms with Crippen LogP contribution in [0.1, 0.15) is 24.8 Å². The smallest absolute Gasteiger partial charge is 0.143 e. The van der Waals surface area contributed by atoms with Gasteiger partial charge in [0.2, 0.25) is 0 Å². The van der Waals surface area contributed by atoms with Crippen molar-refractivity contribution in [2.24, 2.45) is 0 Å². The van der Waals surface area contributed by atoms with Crippen molar-refractivity contribution in [2.45, 2.75) is 19.3 Å². The summed E-state index contributed by atoms with van der Waals surface area (Å²) in [5, 5.41) is 0.0996. The van der Waals surface area contributed by atoms with E-state index in [9.17, 15) is 9.18 Å². The van der Waals surface area contributed by atoms with Crippen LogP contribution in [0.15, 0.2) is 16.6 Å². The molecule has 0 saturated heterocycles. The highest BCUT2D eigenvalue weighted by Gasteiger charge is 2.13. The van der Waals surface area contributed by atoms with Crippen LogP contribution >= 0.6 is 27.5 Å². The first kappa shape index (κ1) is 11.7. The molecule has 1 aromatic rings. The fourth-order valence-electron chi connectivity index (χ4n) is 1.21. The van der Waals surface area contributed by atoms with E-state index in [4.69, 9.17) is 11.6 Å².